The Morgan fingerprint density at radius 1 is 1.00 bits per heavy atom. The topological polar surface area (TPSA) is 49.4 Å². The number of carbonyl (C=O) groups excluding carboxylic acids is 2. The van der Waals surface area contributed by atoms with E-state index in [4.69, 9.17) is 11.6 Å². The SMILES string of the molecule is CCC(CC)[C@@H]1C(=O)N[C@H](C2Cc3ccccc3C2)C(=O)N1Cc1ccccc1Cl. The predicted molar refractivity (Wildman–Crippen MR) is 119 cm³/mol. The first-order valence-corrected chi connectivity index (χ1v) is 11.3. The van der Waals surface area contributed by atoms with Gasteiger partial charge in [-0.15, -0.1) is 0 Å². The first kappa shape index (κ1) is 20.9. The van der Waals surface area contributed by atoms with E-state index in [0.717, 1.165) is 31.2 Å². The summed E-state index contributed by atoms with van der Waals surface area (Å²) >= 11 is 6.41. The van der Waals surface area contributed by atoms with Crippen molar-refractivity contribution >= 4 is 23.4 Å². The summed E-state index contributed by atoms with van der Waals surface area (Å²) in [5.41, 5.74) is 3.44. The minimum atomic E-state index is -0.488. The van der Waals surface area contributed by atoms with Crippen LogP contribution >= 0.6 is 11.6 Å². The molecule has 0 bridgehead atoms. The molecule has 4 rings (SSSR count). The monoisotopic (exact) mass is 424 g/mol. The molecule has 30 heavy (non-hydrogen) atoms. The lowest BCUT2D eigenvalue weighted by molar-refractivity contribution is -0.154. The van der Waals surface area contributed by atoms with E-state index in [0.29, 0.717) is 11.6 Å². The molecule has 158 valence electrons. The summed E-state index contributed by atoms with van der Waals surface area (Å²) in [7, 11) is 0. The minimum Gasteiger partial charge on any atom is -0.342 e. The number of hydrogen-bond donors (Lipinski definition) is 1. The molecule has 2 amide bonds. The van der Waals surface area contributed by atoms with Crippen LogP contribution in [0, 0.1) is 11.8 Å². The second-order valence-electron chi connectivity index (χ2n) is 8.50. The van der Waals surface area contributed by atoms with E-state index in [-0.39, 0.29) is 23.7 Å². The molecule has 0 unspecified atom stereocenters. The van der Waals surface area contributed by atoms with Crippen molar-refractivity contribution in [2.45, 2.75) is 58.2 Å². The van der Waals surface area contributed by atoms with Gasteiger partial charge in [-0.2, -0.15) is 0 Å². The van der Waals surface area contributed by atoms with Gasteiger partial charge in [0.05, 0.1) is 0 Å². The van der Waals surface area contributed by atoms with Gasteiger partial charge < -0.3 is 10.2 Å². The lowest BCUT2D eigenvalue weighted by Crippen LogP contribution is -2.66. The summed E-state index contributed by atoms with van der Waals surface area (Å²) in [4.78, 5) is 28.8. The lowest BCUT2D eigenvalue weighted by Gasteiger charge is -2.43. The van der Waals surface area contributed by atoms with E-state index < -0.39 is 12.1 Å². The fourth-order valence-electron chi connectivity index (χ4n) is 5.10. The fourth-order valence-corrected chi connectivity index (χ4v) is 5.29. The maximum absolute atomic E-state index is 13.7. The van der Waals surface area contributed by atoms with Crippen molar-refractivity contribution in [3.05, 3.63) is 70.2 Å². The summed E-state index contributed by atoms with van der Waals surface area (Å²) in [6.45, 7) is 4.53. The molecule has 0 saturated carbocycles. The summed E-state index contributed by atoms with van der Waals surface area (Å²) in [6, 6.07) is 15.0. The molecule has 1 saturated heterocycles. The number of fused-ring (bicyclic) bond motifs is 1. The van der Waals surface area contributed by atoms with Crippen LogP contribution in [0.3, 0.4) is 0 Å². The van der Waals surface area contributed by atoms with Crippen LogP contribution in [0.15, 0.2) is 48.5 Å². The zero-order valence-electron chi connectivity index (χ0n) is 17.6. The second-order valence-corrected chi connectivity index (χ2v) is 8.91. The molecule has 2 atom stereocenters. The highest BCUT2D eigenvalue weighted by atomic mass is 35.5. The third kappa shape index (κ3) is 3.85. The Balaban J connectivity index is 1.64. The van der Waals surface area contributed by atoms with Crippen molar-refractivity contribution in [1.82, 2.24) is 10.2 Å². The Bertz CT molecular complexity index is 915. The normalized spacial score (nSPS) is 21.8. The van der Waals surface area contributed by atoms with E-state index in [9.17, 15) is 9.59 Å². The Labute approximate surface area is 183 Å². The largest absolute Gasteiger partial charge is 0.342 e. The Hall–Kier alpha value is -2.33. The zero-order valence-corrected chi connectivity index (χ0v) is 18.4. The van der Waals surface area contributed by atoms with Crippen molar-refractivity contribution in [3.8, 4) is 0 Å². The lowest BCUT2D eigenvalue weighted by atomic mass is 9.86. The van der Waals surface area contributed by atoms with Gasteiger partial charge in [-0.25, -0.2) is 0 Å². The van der Waals surface area contributed by atoms with E-state index in [1.54, 1.807) is 4.90 Å². The molecule has 2 aromatic carbocycles. The van der Waals surface area contributed by atoms with E-state index in [2.05, 4.69) is 31.3 Å². The smallest absolute Gasteiger partial charge is 0.246 e. The number of carbonyl (C=O) groups is 2. The molecular weight excluding hydrogens is 396 g/mol. The summed E-state index contributed by atoms with van der Waals surface area (Å²) < 4.78 is 0. The van der Waals surface area contributed by atoms with Gasteiger partial charge in [0, 0.05) is 11.6 Å². The van der Waals surface area contributed by atoms with Gasteiger partial charge >= 0.3 is 0 Å². The Morgan fingerprint density at radius 2 is 1.60 bits per heavy atom. The summed E-state index contributed by atoms with van der Waals surface area (Å²) in [6.07, 6.45) is 3.34. The van der Waals surface area contributed by atoms with Gasteiger partial charge in [0.15, 0.2) is 0 Å². The number of nitrogens with one attached hydrogen (secondary N) is 1. The van der Waals surface area contributed by atoms with Crippen LogP contribution in [-0.4, -0.2) is 28.8 Å². The van der Waals surface area contributed by atoms with Crippen LogP contribution in [0.2, 0.25) is 5.02 Å². The van der Waals surface area contributed by atoms with Crippen LogP contribution in [0.4, 0.5) is 0 Å². The second kappa shape index (κ2) is 8.81. The molecule has 2 aliphatic rings. The van der Waals surface area contributed by atoms with E-state index in [1.165, 1.54) is 11.1 Å². The van der Waals surface area contributed by atoms with Gasteiger partial charge in [-0.05, 0) is 47.4 Å². The summed E-state index contributed by atoms with van der Waals surface area (Å²) in [5, 5.41) is 3.74. The highest BCUT2D eigenvalue weighted by Gasteiger charge is 2.46. The van der Waals surface area contributed by atoms with Gasteiger partial charge in [-0.3, -0.25) is 9.59 Å². The standard InChI is InChI=1S/C25H29ClN2O2/c1-3-16(4-2)23-24(29)27-22(20-13-17-9-5-6-10-18(17)14-20)25(30)28(23)15-19-11-7-8-12-21(19)26/h5-12,16,20,22-23H,3-4,13-15H2,1-2H3,(H,27,29)/t22-,23-/m1/s1. The molecule has 4 nitrogen and oxygen atoms in total. The van der Waals surface area contributed by atoms with Crippen LogP contribution in [0.1, 0.15) is 43.4 Å². The maximum atomic E-state index is 13.7. The van der Waals surface area contributed by atoms with Crippen molar-refractivity contribution in [2.24, 2.45) is 11.8 Å². The Kier molecular flexibility index (Phi) is 6.14. The highest BCUT2D eigenvalue weighted by Crippen LogP contribution is 2.33. The van der Waals surface area contributed by atoms with Crippen molar-refractivity contribution in [2.75, 3.05) is 0 Å². The molecular formula is C25H29ClN2O2. The average Bonchev–Trinajstić information content (AvgIpc) is 3.18. The molecule has 1 aliphatic carbocycles. The van der Waals surface area contributed by atoms with E-state index in [1.807, 2.05) is 36.4 Å². The number of halogens is 1. The summed E-state index contributed by atoms with van der Waals surface area (Å²) in [5.74, 6) is 0.203. The molecule has 0 spiro atoms. The third-order valence-electron chi connectivity index (χ3n) is 6.80. The number of amides is 2. The van der Waals surface area contributed by atoms with Gasteiger partial charge in [0.2, 0.25) is 11.8 Å². The van der Waals surface area contributed by atoms with Gasteiger partial charge in [0.25, 0.3) is 0 Å². The van der Waals surface area contributed by atoms with Crippen molar-refractivity contribution in [1.29, 1.82) is 0 Å². The average molecular weight is 425 g/mol. The number of benzene rings is 2. The first-order chi connectivity index (χ1) is 14.5. The maximum Gasteiger partial charge on any atom is 0.246 e. The van der Waals surface area contributed by atoms with Gasteiger partial charge in [0.1, 0.15) is 12.1 Å². The van der Waals surface area contributed by atoms with Crippen LogP contribution < -0.4 is 5.32 Å². The predicted octanol–water partition coefficient (Wildman–Crippen LogP) is 4.39. The number of rotatable bonds is 6. The molecule has 2 aromatic rings. The highest BCUT2D eigenvalue weighted by molar-refractivity contribution is 6.31. The van der Waals surface area contributed by atoms with Crippen LogP contribution in [0.25, 0.3) is 0 Å². The number of piperazine rings is 1. The third-order valence-corrected chi connectivity index (χ3v) is 7.17. The van der Waals surface area contributed by atoms with Crippen molar-refractivity contribution < 1.29 is 9.59 Å². The fraction of sp³-hybridized carbons (Fsp3) is 0.440. The number of nitrogens with zero attached hydrogens (tertiary/aromatic N) is 1. The quantitative estimate of drug-likeness (QED) is 0.747. The number of hydrogen-bond acceptors (Lipinski definition) is 2. The molecule has 0 aromatic heterocycles. The Morgan fingerprint density at radius 3 is 2.20 bits per heavy atom. The first-order valence-electron chi connectivity index (χ1n) is 10.9. The molecule has 1 heterocycles. The molecule has 0 radical (unpaired) electrons. The molecule has 1 aliphatic heterocycles. The minimum absolute atomic E-state index is 0.0178. The zero-order chi connectivity index (χ0) is 21.3. The van der Waals surface area contributed by atoms with Crippen LogP contribution in [0.5, 0.6) is 0 Å². The van der Waals surface area contributed by atoms with Gasteiger partial charge in [-0.1, -0.05) is 80.8 Å². The molecule has 1 N–H and O–H groups in total. The van der Waals surface area contributed by atoms with E-state index >= 15 is 0 Å². The molecule has 5 heteroatoms. The van der Waals surface area contributed by atoms with Crippen LogP contribution in [-0.2, 0) is 29.0 Å². The van der Waals surface area contributed by atoms with Crippen molar-refractivity contribution in [3.63, 3.8) is 0 Å². The molecule has 1 fully saturated rings.